The molecular formula is C12H15ClN2O. The summed E-state index contributed by atoms with van der Waals surface area (Å²) in [5.41, 5.74) is 1.60. The summed E-state index contributed by atoms with van der Waals surface area (Å²) in [5.74, 6) is -0.0180. The highest BCUT2D eigenvalue weighted by molar-refractivity contribution is 6.34. The Bertz CT molecular complexity index is 437. The van der Waals surface area contributed by atoms with Crippen molar-refractivity contribution in [3.8, 4) is 0 Å². The van der Waals surface area contributed by atoms with Crippen LogP contribution in [0.4, 0.5) is 11.4 Å². The number of carbonyl (C=O) groups excluding carboxylic acids is 1. The van der Waals surface area contributed by atoms with Crippen LogP contribution in [0.1, 0.15) is 20.8 Å². The molecule has 0 spiro atoms. The molecule has 4 heteroatoms. The summed E-state index contributed by atoms with van der Waals surface area (Å²) in [5, 5.41) is 3.40. The highest BCUT2D eigenvalue weighted by Crippen LogP contribution is 2.38. The van der Waals surface area contributed by atoms with Gasteiger partial charge in [-0.05, 0) is 32.9 Å². The standard InChI is InChI=1S/C12H15ClN2O/c1-12(2,3)15-7-10(16)14-11-8(13)5-4-6-9(11)15/h4-6H,7H2,1-3H3,(H,14,16). The summed E-state index contributed by atoms with van der Waals surface area (Å²) >= 11 is 6.08. The van der Waals surface area contributed by atoms with Gasteiger partial charge in [-0.25, -0.2) is 0 Å². The van der Waals surface area contributed by atoms with Gasteiger partial charge in [0.2, 0.25) is 5.91 Å². The topological polar surface area (TPSA) is 32.3 Å². The third-order valence-corrected chi connectivity index (χ3v) is 2.97. The lowest BCUT2D eigenvalue weighted by atomic mass is 10.0. The van der Waals surface area contributed by atoms with Crippen LogP contribution in [0.5, 0.6) is 0 Å². The zero-order valence-corrected chi connectivity index (χ0v) is 10.4. The van der Waals surface area contributed by atoms with Gasteiger partial charge in [0.1, 0.15) is 0 Å². The highest BCUT2D eigenvalue weighted by Gasteiger charge is 2.30. The Labute approximate surface area is 100 Å². The quantitative estimate of drug-likeness (QED) is 0.754. The minimum absolute atomic E-state index is 0.0180. The first-order chi connectivity index (χ1) is 7.39. The smallest absolute Gasteiger partial charge is 0.244 e. The first-order valence-corrected chi connectivity index (χ1v) is 5.63. The van der Waals surface area contributed by atoms with Gasteiger partial charge in [0.05, 0.1) is 22.9 Å². The third kappa shape index (κ3) is 1.87. The molecule has 2 rings (SSSR count). The largest absolute Gasteiger partial charge is 0.356 e. The fourth-order valence-corrected chi connectivity index (χ4v) is 2.08. The van der Waals surface area contributed by atoms with Crippen molar-refractivity contribution in [1.29, 1.82) is 0 Å². The Morgan fingerprint density at radius 1 is 1.38 bits per heavy atom. The van der Waals surface area contributed by atoms with E-state index in [-0.39, 0.29) is 11.4 Å². The van der Waals surface area contributed by atoms with Crippen LogP contribution < -0.4 is 10.2 Å². The number of amides is 1. The molecule has 0 unspecified atom stereocenters. The SMILES string of the molecule is CC(C)(C)N1CC(=O)Nc2c(Cl)cccc21. The Morgan fingerprint density at radius 2 is 2.06 bits per heavy atom. The van der Waals surface area contributed by atoms with Crippen molar-refractivity contribution >= 4 is 28.9 Å². The second-order valence-electron chi connectivity index (χ2n) is 4.94. The summed E-state index contributed by atoms with van der Waals surface area (Å²) in [4.78, 5) is 13.7. The van der Waals surface area contributed by atoms with Gasteiger partial charge < -0.3 is 10.2 Å². The maximum Gasteiger partial charge on any atom is 0.244 e. The molecule has 0 bridgehead atoms. The van der Waals surface area contributed by atoms with E-state index in [0.717, 1.165) is 11.4 Å². The number of fused-ring (bicyclic) bond motifs is 1. The van der Waals surface area contributed by atoms with E-state index in [1.807, 2.05) is 12.1 Å². The molecule has 0 radical (unpaired) electrons. The van der Waals surface area contributed by atoms with Gasteiger partial charge in [0.15, 0.2) is 0 Å². The molecule has 3 nitrogen and oxygen atoms in total. The third-order valence-electron chi connectivity index (χ3n) is 2.66. The summed E-state index contributed by atoms with van der Waals surface area (Å²) in [7, 11) is 0. The maximum absolute atomic E-state index is 11.6. The lowest BCUT2D eigenvalue weighted by molar-refractivity contribution is -0.115. The Morgan fingerprint density at radius 3 is 2.69 bits per heavy atom. The molecule has 1 aliphatic heterocycles. The normalized spacial score (nSPS) is 15.8. The number of nitrogens with one attached hydrogen (secondary N) is 1. The van der Waals surface area contributed by atoms with E-state index >= 15 is 0 Å². The molecule has 0 atom stereocenters. The Balaban J connectivity index is 2.55. The van der Waals surface area contributed by atoms with Crippen LogP contribution in [0.15, 0.2) is 18.2 Å². The molecule has 0 fully saturated rings. The van der Waals surface area contributed by atoms with Crippen LogP contribution in [0.25, 0.3) is 0 Å². The first-order valence-electron chi connectivity index (χ1n) is 5.25. The molecule has 1 heterocycles. The molecule has 1 aromatic carbocycles. The van der Waals surface area contributed by atoms with Crippen molar-refractivity contribution in [2.75, 3.05) is 16.8 Å². The number of carbonyl (C=O) groups is 1. The summed E-state index contributed by atoms with van der Waals surface area (Å²) in [6.07, 6.45) is 0. The van der Waals surface area contributed by atoms with Crippen LogP contribution >= 0.6 is 11.6 Å². The molecule has 1 amide bonds. The van der Waals surface area contributed by atoms with Crippen LogP contribution in [-0.4, -0.2) is 18.0 Å². The first kappa shape index (κ1) is 11.3. The number of nitrogens with zero attached hydrogens (tertiary/aromatic N) is 1. The number of anilines is 2. The molecule has 16 heavy (non-hydrogen) atoms. The lowest BCUT2D eigenvalue weighted by Crippen LogP contribution is -2.49. The number of rotatable bonds is 0. The molecule has 0 saturated heterocycles. The van der Waals surface area contributed by atoms with Crippen molar-refractivity contribution in [3.63, 3.8) is 0 Å². The van der Waals surface area contributed by atoms with Crippen molar-refractivity contribution in [2.24, 2.45) is 0 Å². The second-order valence-corrected chi connectivity index (χ2v) is 5.35. The summed E-state index contributed by atoms with van der Waals surface area (Å²) < 4.78 is 0. The van der Waals surface area contributed by atoms with Crippen LogP contribution in [0, 0.1) is 0 Å². The maximum atomic E-state index is 11.6. The van der Waals surface area contributed by atoms with E-state index in [0.29, 0.717) is 11.6 Å². The molecule has 0 saturated carbocycles. The van der Waals surface area contributed by atoms with E-state index in [1.54, 1.807) is 6.07 Å². The number of hydrogen-bond acceptors (Lipinski definition) is 2. The van der Waals surface area contributed by atoms with Gasteiger partial charge >= 0.3 is 0 Å². The summed E-state index contributed by atoms with van der Waals surface area (Å²) in [6, 6.07) is 5.66. The second kappa shape index (κ2) is 3.67. The predicted molar refractivity (Wildman–Crippen MR) is 67.2 cm³/mol. The van der Waals surface area contributed by atoms with Gasteiger partial charge in [-0.2, -0.15) is 0 Å². The molecule has 1 aliphatic rings. The van der Waals surface area contributed by atoms with Crippen molar-refractivity contribution in [1.82, 2.24) is 0 Å². The molecule has 86 valence electrons. The van der Waals surface area contributed by atoms with Gasteiger partial charge in [-0.15, -0.1) is 0 Å². The number of benzene rings is 1. The lowest BCUT2D eigenvalue weighted by Gasteiger charge is -2.41. The number of para-hydroxylation sites is 1. The zero-order chi connectivity index (χ0) is 11.9. The zero-order valence-electron chi connectivity index (χ0n) is 9.67. The number of halogens is 1. The molecule has 1 N–H and O–H groups in total. The van der Waals surface area contributed by atoms with Gasteiger partial charge in [-0.3, -0.25) is 4.79 Å². The van der Waals surface area contributed by atoms with Gasteiger partial charge in [-0.1, -0.05) is 17.7 Å². The van der Waals surface area contributed by atoms with Gasteiger partial charge in [0.25, 0.3) is 0 Å². The molecule has 0 aliphatic carbocycles. The van der Waals surface area contributed by atoms with Crippen LogP contribution in [0.3, 0.4) is 0 Å². The van der Waals surface area contributed by atoms with Gasteiger partial charge in [0, 0.05) is 5.54 Å². The van der Waals surface area contributed by atoms with E-state index in [2.05, 4.69) is 31.0 Å². The average Bonchev–Trinajstić information content (AvgIpc) is 2.17. The fraction of sp³-hybridized carbons (Fsp3) is 0.417. The predicted octanol–water partition coefficient (Wildman–Crippen LogP) is 2.90. The van der Waals surface area contributed by atoms with E-state index in [4.69, 9.17) is 11.6 Å². The molecule has 0 aromatic heterocycles. The molecule has 1 aromatic rings. The van der Waals surface area contributed by atoms with Crippen molar-refractivity contribution < 1.29 is 4.79 Å². The average molecular weight is 239 g/mol. The monoisotopic (exact) mass is 238 g/mol. The van der Waals surface area contributed by atoms with Crippen molar-refractivity contribution in [2.45, 2.75) is 26.3 Å². The summed E-state index contributed by atoms with van der Waals surface area (Å²) in [6.45, 7) is 6.61. The minimum Gasteiger partial charge on any atom is -0.356 e. The van der Waals surface area contributed by atoms with Crippen LogP contribution in [-0.2, 0) is 4.79 Å². The van der Waals surface area contributed by atoms with E-state index < -0.39 is 0 Å². The molecular weight excluding hydrogens is 224 g/mol. The van der Waals surface area contributed by atoms with Crippen molar-refractivity contribution in [3.05, 3.63) is 23.2 Å². The van der Waals surface area contributed by atoms with E-state index in [1.165, 1.54) is 0 Å². The Kier molecular flexibility index (Phi) is 2.58. The van der Waals surface area contributed by atoms with E-state index in [9.17, 15) is 4.79 Å². The highest BCUT2D eigenvalue weighted by atomic mass is 35.5. The number of hydrogen-bond donors (Lipinski definition) is 1. The Hall–Kier alpha value is -1.22. The van der Waals surface area contributed by atoms with Crippen LogP contribution in [0.2, 0.25) is 5.02 Å². The fourth-order valence-electron chi connectivity index (χ4n) is 1.87. The minimum atomic E-state index is -0.100.